The van der Waals surface area contributed by atoms with Crippen molar-refractivity contribution in [3.05, 3.63) is 65.7 Å². The van der Waals surface area contributed by atoms with Crippen LogP contribution in [0.5, 0.6) is 5.75 Å². The summed E-state index contributed by atoms with van der Waals surface area (Å²) in [6.45, 7) is 0.596. The van der Waals surface area contributed by atoms with Crippen LogP contribution in [0.15, 0.2) is 48.5 Å². The van der Waals surface area contributed by atoms with Gasteiger partial charge in [0.25, 0.3) is 0 Å². The molecule has 1 N–H and O–H groups in total. The molecule has 0 spiro atoms. The maximum Gasteiger partial charge on any atom is 0.409 e. The third-order valence-corrected chi connectivity index (χ3v) is 9.38. The molecule has 0 aromatic heterocycles. The van der Waals surface area contributed by atoms with Crippen LogP contribution in [0.25, 0.3) is 0 Å². The minimum atomic E-state index is -4.07. The number of halogens is 3. The van der Waals surface area contributed by atoms with Crippen molar-refractivity contribution in [2.45, 2.75) is 129 Å². The maximum absolute atomic E-state index is 13.9. The Morgan fingerprint density at radius 1 is 0.795 bits per heavy atom. The Morgan fingerprint density at radius 2 is 1.30 bits per heavy atom. The summed E-state index contributed by atoms with van der Waals surface area (Å²) in [6, 6.07) is 10.1. The summed E-state index contributed by atoms with van der Waals surface area (Å²) < 4.78 is 52.3. The molecule has 248 valence electrons. The molecule has 5 nitrogen and oxygen atoms in total. The lowest BCUT2D eigenvalue weighted by molar-refractivity contribution is -0.147. The molecule has 0 bridgehead atoms. The Labute approximate surface area is 269 Å². The van der Waals surface area contributed by atoms with Crippen LogP contribution >= 0.6 is 18.1 Å². The van der Waals surface area contributed by atoms with Crippen molar-refractivity contribution in [2.24, 2.45) is 5.92 Å². The van der Waals surface area contributed by atoms with E-state index in [4.69, 9.17) is 20.5 Å². The van der Waals surface area contributed by atoms with Crippen LogP contribution in [0.1, 0.15) is 122 Å². The number of benzene rings is 2. The largest absolute Gasteiger partial charge is 0.464 e. The van der Waals surface area contributed by atoms with Crippen LogP contribution in [-0.2, 0) is 20.5 Å². The number of carbonyl (C=O) groups is 1. The van der Waals surface area contributed by atoms with Gasteiger partial charge in [-0.25, -0.2) is 18.4 Å². The van der Waals surface area contributed by atoms with Crippen LogP contribution in [0, 0.1) is 17.6 Å². The highest BCUT2D eigenvalue weighted by atomic mass is 35.7. The van der Waals surface area contributed by atoms with Crippen molar-refractivity contribution in [2.75, 3.05) is 6.61 Å². The van der Waals surface area contributed by atoms with Gasteiger partial charge in [0.15, 0.2) is 0 Å². The molecule has 1 unspecified atom stereocenters. The zero-order valence-corrected chi connectivity index (χ0v) is 28.4. The molecule has 0 heterocycles. The van der Waals surface area contributed by atoms with E-state index in [1.165, 1.54) is 64.2 Å². The Bertz CT molecular complexity index is 1070. The fourth-order valence-electron chi connectivity index (χ4n) is 5.37. The molecule has 2 rings (SSSR count). The summed E-state index contributed by atoms with van der Waals surface area (Å²) in [6.07, 6.45) is 18.7. The molecule has 0 radical (unpaired) electrons. The lowest BCUT2D eigenvalue weighted by Crippen LogP contribution is -2.38. The van der Waals surface area contributed by atoms with Crippen LogP contribution in [-0.4, -0.2) is 18.6 Å². The van der Waals surface area contributed by atoms with Crippen molar-refractivity contribution in [1.29, 1.82) is 0 Å². The first-order chi connectivity index (χ1) is 21.2. The van der Waals surface area contributed by atoms with Gasteiger partial charge in [-0.05, 0) is 55.0 Å². The number of unbranched alkanes of at least 4 members (excludes halogenated alkanes) is 12. The van der Waals surface area contributed by atoms with E-state index in [9.17, 15) is 18.1 Å². The molecule has 2 aromatic carbocycles. The molecule has 0 amide bonds. The van der Waals surface area contributed by atoms with Gasteiger partial charge in [-0.1, -0.05) is 122 Å². The number of rotatable bonds is 25. The molecule has 44 heavy (non-hydrogen) atoms. The fraction of sp³-hybridized carbons (Fsp3) is 0.629. The van der Waals surface area contributed by atoms with E-state index >= 15 is 0 Å². The summed E-state index contributed by atoms with van der Waals surface area (Å²) in [5, 5.41) is 2.59. The first kappa shape index (κ1) is 38.2. The molecule has 0 saturated heterocycles. The molecular formula is C35H53ClF2NO4P. The van der Waals surface area contributed by atoms with Crippen molar-refractivity contribution in [3.8, 4) is 5.75 Å². The number of hydrogen-bond acceptors (Lipinski definition) is 4. The molecule has 0 aliphatic rings. The van der Waals surface area contributed by atoms with Crippen LogP contribution in [0.2, 0.25) is 0 Å². The molecule has 0 aliphatic heterocycles. The van der Waals surface area contributed by atoms with Crippen molar-refractivity contribution < 1.29 is 27.4 Å². The van der Waals surface area contributed by atoms with Gasteiger partial charge < -0.3 is 9.26 Å². The van der Waals surface area contributed by atoms with E-state index < -0.39 is 30.5 Å². The maximum atomic E-state index is 13.9. The zero-order chi connectivity index (χ0) is 32.0. The van der Waals surface area contributed by atoms with Gasteiger partial charge in [0, 0.05) is 17.3 Å². The van der Waals surface area contributed by atoms with Gasteiger partial charge in [0.2, 0.25) is 0 Å². The van der Waals surface area contributed by atoms with Crippen molar-refractivity contribution in [3.63, 3.8) is 0 Å². The van der Waals surface area contributed by atoms with E-state index in [1.807, 2.05) is 0 Å². The third-order valence-electron chi connectivity index (χ3n) is 7.82. The van der Waals surface area contributed by atoms with Gasteiger partial charge in [0.05, 0.1) is 6.61 Å². The minimum Gasteiger partial charge on any atom is -0.464 e. The Hall–Kier alpha value is -1.95. The minimum absolute atomic E-state index is 0.178. The first-order valence-corrected chi connectivity index (χ1v) is 19.2. The summed E-state index contributed by atoms with van der Waals surface area (Å²) in [7, 11) is 0. The number of nitrogens with one attached hydrogen (secondary N) is 1. The summed E-state index contributed by atoms with van der Waals surface area (Å²) in [5.41, 5.74) is 0.205. The van der Waals surface area contributed by atoms with Crippen molar-refractivity contribution >= 4 is 24.1 Å². The molecule has 0 aliphatic carbocycles. The Balaban J connectivity index is 2.04. The average molecular weight is 656 g/mol. The van der Waals surface area contributed by atoms with Crippen LogP contribution < -0.4 is 9.61 Å². The number of para-hydroxylation sites is 1. The van der Waals surface area contributed by atoms with E-state index in [2.05, 4.69) is 18.9 Å². The molecule has 2 aromatic rings. The molecule has 0 fully saturated rings. The summed E-state index contributed by atoms with van der Waals surface area (Å²) in [4.78, 5) is 13.4. The second-order valence-electron chi connectivity index (χ2n) is 11.9. The fourth-order valence-corrected chi connectivity index (χ4v) is 6.97. The second-order valence-corrected chi connectivity index (χ2v) is 14.6. The lowest BCUT2D eigenvalue weighted by atomic mass is 9.94. The van der Waals surface area contributed by atoms with E-state index in [0.29, 0.717) is 0 Å². The van der Waals surface area contributed by atoms with E-state index in [1.54, 1.807) is 30.3 Å². The quantitative estimate of drug-likeness (QED) is 0.0655. The highest BCUT2D eigenvalue weighted by molar-refractivity contribution is 7.84. The highest BCUT2D eigenvalue weighted by Gasteiger charge is 2.32. The predicted molar refractivity (Wildman–Crippen MR) is 177 cm³/mol. The van der Waals surface area contributed by atoms with Crippen molar-refractivity contribution in [1.82, 2.24) is 5.09 Å². The van der Waals surface area contributed by atoms with Crippen LogP contribution in [0.4, 0.5) is 8.78 Å². The number of ether oxygens (including phenoxy) is 1. The van der Waals surface area contributed by atoms with E-state index in [-0.39, 0.29) is 30.3 Å². The molecule has 2 atom stereocenters. The van der Waals surface area contributed by atoms with Gasteiger partial charge in [-0.3, -0.25) is 4.79 Å². The molecule has 9 heteroatoms. The second kappa shape index (κ2) is 22.5. The topological polar surface area (TPSA) is 64.6 Å². The normalized spacial score (nSPS) is 13.5. The Morgan fingerprint density at radius 3 is 1.82 bits per heavy atom. The monoisotopic (exact) mass is 655 g/mol. The van der Waals surface area contributed by atoms with Gasteiger partial charge in [-0.2, -0.15) is 0 Å². The van der Waals surface area contributed by atoms with Gasteiger partial charge >= 0.3 is 12.8 Å². The zero-order valence-electron chi connectivity index (χ0n) is 26.7. The smallest absolute Gasteiger partial charge is 0.409 e. The SMILES string of the molecule is CCCCCCCCCC(CCCCCCCCC)COC(=O)[C@H](Cc1cc(F)cc(F)c1)NP(=O)(Cl)Oc1ccccc1. The van der Waals surface area contributed by atoms with Crippen LogP contribution in [0.3, 0.4) is 0 Å². The standard InChI is InChI=1S/C35H53ClF2NO4P/c1-3-5-7-9-11-13-16-20-29(21-17-14-12-10-8-6-4-2)28-42-35(40)34(26-30-24-31(37)27-32(38)25-30)39-44(36,41)43-33-22-18-15-19-23-33/h15,18-19,22-25,27,29,34H,3-14,16-17,20-21,26,28H2,1-2H3,(H,39,41)/t34-,44?/m0/s1. The summed E-state index contributed by atoms with van der Waals surface area (Å²) >= 11 is 6.23. The van der Waals surface area contributed by atoms with E-state index in [0.717, 1.165) is 56.7 Å². The highest BCUT2D eigenvalue weighted by Crippen LogP contribution is 2.48. The summed E-state index contributed by atoms with van der Waals surface area (Å²) in [5.74, 6) is -1.76. The lowest BCUT2D eigenvalue weighted by Gasteiger charge is -2.23. The number of hydrogen-bond donors (Lipinski definition) is 1. The first-order valence-electron chi connectivity index (χ1n) is 16.7. The third kappa shape index (κ3) is 17.5. The average Bonchev–Trinajstić information content (AvgIpc) is 2.97. The number of carbonyl (C=O) groups excluding carboxylic acids is 1. The van der Waals surface area contributed by atoms with Gasteiger partial charge in [-0.15, -0.1) is 0 Å². The van der Waals surface area contributed by atoms with Gasteiger partial charge in [0.1, 0.15) is 23.4 Å². The number of esters is 1. The molecular weight excluding hydrogens is 603 g/mol. The predicted octanol–water partition coefficient (Wildman–Crippen LogP) is 11.3. The Kier molecular flexibility index (Phi) is 19.6. The molecule has 0 saturated carbocycles.